The van der Waals surface area contributed by atoms with Crippen molar-refractivity contribution in [3.63, 3.8) is 0 Å². The summed E-state index contributed by atoms with van der Waals surface area (Å²) >= 11 is 3.35. The van der Waals surface area contributed by atoms with Crippen LogP contribution in [0.1, 0.15) is 25.7 Å². The van der Waals surface area contributed by atoms with Gasteiger partial charge in [-0.05, 0) is 43.0 Å². The maximum Gasteiger partial charge on any atom is 0.238 e. The van der Waals surface area contributed by atoms with Crippen LogP contribution in [0, 0.1) is 5.92 Å². The van der Waals surface area contributed by atoms with Gasteiger partial charge in [-0.3, -0.25) is 4.79 Å². The van der Waals surface area contributed by atoms with Crippen molar-refractivity contribution in [1.82, 2.24) is 5.32 Å². The Morgan fingerprint density at radius 2 is 1.95 bits per heavy atom. The summed E-state index contributed by atoms with van der Waals surface area (Å²) in [6.45, 7) is 0.980. The summed E-state index contributed by atoms with van der Waals surface area (Å²) in [6.07, 6.45) is 4.00. The van der Waals surface area contributed by atoms with Crippen molar-refractivity contribution in [3.05, 3.63) is 28.7 Å². The summed E-state index contributed by atoms with van der Waals surface area (Å²) in [6, 6.07) is 7.49. The molecule has 1 fully saturated rings. The molecule has 1 aliphatic carbocycles. The molecule has 0 saturated heterocycles. The molecule has 2 atom stereocenters. The van der Waals surface area contributed by atoms with E-state index in [0.717, 1.165) is 29.4 Å². The second-order valence-corrected chi connectivity index (χ2v) is 6.21. The lowest BCUT2D eigenvalue weighted by Gasteiger charge is -2.27. The minimum atomic E-state index is -0.217. The first-order chi connectivity index (χ1) is 9.65. The number of nitrogens with one attached hydrogen (secondary N) is 2. The van der Waals surface area contributed by atoms with E-state index in [1.54, 1.807) is 0 Å². The number of carbonyl (C=O) groups is 1. The number of halogens is 1. The highest BCUT2D eigenvalue weighted by atomic mass is 79.9. The molecule has 0 bridgehead atoms. The van der Waals surface area contributed by atoms with E-state index in [1.165, 1.54) is 6.42 Å². The van der Waals surface area contributed by atoms with Crippen LogP contribution in [0.5, 0.6) is 0 Å². The van der Waals surface area contributed by atoms with Crippen LogP contribution in [0.25, 0.3) is 0 Å². The van der Waals surface area contributed by atoms with Crippen molar-refractivity contribution in [1.29, 1.82) is 0 Å². The molecule has 0 heterocycles. The third-order valence-corrected chi connectivity index (χ3v) is 4.22. The minimum Gasteiger partial charge on any atom is -0.393 e. The predicted octanol–water partition coefficient (Wildman–Crippen LogP) is 2.53. The van der Waals surface area contributed by atoms with Crippen LogP contribution in [-0.4, -0.2) is 30.2 Å². The van der Waals surface area contributed by atoms with E-state index < -0.39 is 0 Å². The highest BCUT2D eigenvalue weighted by Gasteiger charge is 2.22. The molecule has 1 aromatic rings. The van der Waals surface area contributed by atoms with Gasteiger partial charge in [-0.2, -0.15) is 0 Å². The van der Waals surface area contributed by atoms with E-state index in [-0.39, 0.29) is 24.5 Å². The number of hydrogen-bond acceptors (Lipinski definition) is 3. The molecule has 20 heavy (non-hydrogen) atoms. The lowest BCUT2D eigenvalue weighted by atomic mass is 9.86. The molecular formula is C15H21BrN2O2. The highest BCUT2D eigenvalue weighted by Crippen LogP contribution is 2.23. The minimum absolute atomic E-state index is 0.0578. The normalized spacial score (nSPS) is 22.5. The van der Waals surface area contributed by atoms with Crippen LogP contribution in [0.3, 0.4) is 0 Å². The first-order valence-corrected chi connectivity index (χ1v) is 7.88. The number of benzene rings is 1. The summed E-state index contributed by atoms with van der Waals surface area (Å²) in [5, 5.41) is 15.8. The molecule has 0 aliphatic heterocycles. The maximum atomic E-state index is 11.8. The number of aliphatic hydroxyl groups is 1. The second-order valence-electron chi connectivity index (χ2n) is 5.30. The smallest absolute Gasteiger partial charge is 0.238 e. The van der Waals surface area contributed by atoms with Gasteiger partial charge in [0.25, 0.3) is 0 Å². The molecule has 110 valence electrons. The maximum absolute atomic E-state index is 11.8. The van der Waals surface area contributed by atoms with Gasteiger partial charge in [0.2, 0.25) is 5.91 Å². The molecule has 5 heteroatoms. The van der Waals surface area contributed by atoms with Crippen LogP contribution in [0.4, 0.5) is 5.69 Å². The number of carbonyl (C=O) groups excluding carboxylic acids is 1. The third-order valence-electron chi connectivity index (χ3n) is 3.69. The molecule has 0 aromatic heterocycles. The van der Waals surface area contributed by atoms with Gasteiger partial charge in [-0.15, -0.1) is 0 Å². The molecule has 4 nitrogen and oxygen atoms in total. The van der Waals surface area contributed by atoms with Gasteiger partial charge in [-0.1, -0.05) is 28.8 Å². The first-order valence-electron chi connectivity index (χ1n) is 7.09. The number of aliphatic hydroxyl groups excluding tert-OH is 1. The number of rotatable bonds is 5. The van der Waals surface area contributed by atoms with Gasteiger partial charge < -0.3 is 15.7 Å². The summed E-state index contributed by atoms with van der Waals surface area (Å²) in [5.41, 5.74) is 0.790. The van der Waals surface area contributed by atoms with Gasteiger partial charge >= 0.3 is 0 Å². The zero-order valence-electron chi connectivity index (χ0n) is 11.4. The first kappa shape index (κ1) is 15.5. The van der Waals surface area contributed by atoms with Crippen molar-refractivity contribution >= 4 is 27.5 Å². The quantitative estimate of drug-likeness (QED) is 0.771. The average molecular weight is 341 g/mol. The molecular weight excluding hydrogens is 320 g/mol. The Morgan fingerprint density at radius 1 is 1.25 bits per heavy atom. The summed E-state index contributed by atoms with van der Waals surface area (Å²) < 4.78 is 0.986. The molecule has 2 unspecified atom stereocenters. The Labute approximate surface area is 128 Å². The van der Waals surface area contributed by atoms with E-state index >= 15 is 0 Å². The Morgan fingerprint density at radius 3 is 2.65 bits per heavy atom. The van der Waals surface area contributed by atoms with E-state index in [0.29, 0.717) is 6.54 Å². The molecule has 1 amide bonds. The Hall–Kier alpha value is -0.910. The molecule has 3 N–H and O–H groups in total. The molecule has 1 aromatic carbocycles. The van der Waals surface area contributed by atoms with Crippen LogP contribution in [0.2, 0.25) is 0 Å². The van der Waals surface area contributed by atoms with Crippen LogP contribution in [0.15, 0.2) is 28.7 Å². The SMILES string of the molecule is O=C(CNCC1CCCCC1O)Nc1ccc(Br)cc1. The standard InChI is InChI=1S/C15H21BrN2O2/c16-12-5-7-13(8-6-12)18-15(20)10-17-9-11-3-1-2-4-14(11)19/h5-8,11,14,17,19H,1-4,9-10H2,(H,18,20). The van der Waals surface area contributed by atoms with Crippen LogP contribution >= 0.6 is 15.9 Å². The predicted molar refractivity (Wildman–Crippen MR) is 83.6 cm³/mol. The largest absolute Gasteiger partial charge is 0.393 e. The van der Waals surface area contributed by atoms with E-state index in [9.17, 15) is 9.90 Å². The van der Waals surface area contributed by atoms with Crippen molar-refractivity contribution in [2.75, 3.05) is 18.4 Å². The van der Waals surface area contributed by atoms with Crippen molar-refractivity contribution in [3.8, 4) is 0 Å². The number of anilines is 1. The van der Waals surface area contributed by atoms with E-state index in [1.807, 2.05) is 24.3 Å². The number of amides is 1. The van der Waals surface area contributed by atoms with Gasteiger partial charge in [-0.25, -0.2) is 0 Å². The molecule has 0 radical (unpaired) electrons. The number of hydrogen-bond donors (Lipinski definition) is 3. The fourth-order valence-corrected chi connectivity index (χ4v) is 2.80. The lowest BCUT2D eigenvalue weighted by Crippen LogP contribution is -2.37. The lowest BCUT2D eigenvalue weighted by molar-refractivity contribution is -0.115. The van der Waals surface area contributed by atoms with Crippen LogP contribution in [-0.2, 0) is 4.79 Å². The zero-order chi connectivity index (χ0) is 14.4. The monoisotopic (exact) mass is 340 g/mol. The fourth-order valence-electron chi connectivity index (χ4n) is 2.54. The Kier molecular flexibility index (Phi) is 6.01. The molecule has 1 saturated carbocycles. The molecule has 2 rings (SSSR count). The second kappa shape index (κ2) is 7.76. The average Bonchev–Trinajstić information content (AvgIpc) is 2.43. The fraction of sp³-hybridized carbons (Fsp3) is 0.533. The Bertz CT molecular complexity index is 436. The van der Waals surface area contributed by atoms with Gasteiger partial charge in [0, 0.05) is 16.7 Å². The summed E-state index contributed by atoms with van der Waals surface area (Å²) in [7, 11) is 0. The van der Waals surface area contributed by atoms with Crippen molar-refractivity contribution in [2.45, 2.75) is 31.8 Å². The van der Waals surface area contributed by atoms with Gasteiger partial charge in [0.1, 0.15) is 0 Å². The van der Waals surface area contributed by atoms with Crippen molar-refractivity contribution in [2.24, 2.45) is 5.92 Å². The third kappa shape index (κ3) is 4.89. The topological polar surface area (TPSA) is 61.4 Å². The van der Waals surface area contributed by atoms with Gasteiger partial charge in [0.05, 0.1) is 12.6 Å². The highest BCUT2D eigenvalue weighted by molar-refractivity contribution is 9.10. The van der Waals surface area contributed by atoms with Crippen molar-refractivity contribution < 1.29 is 9.90 Å². The van der Waals surface area contributed by atoms with E-state index in [4.69, 9.17) is 0 Å². The Balaban J connectivity index is 1.68. The van der Waals surface area contributed by atoms with Gasteiger partial charge in [0.15, 0.2) is 0 Å². The van der Waals surface area contributed by atoms with Crippen LogP contribution < -0.4 is 10.6 Å². The summed E-state index contributed by atoms with van der Waals surface area (Å²) in [4.78, 5) is 11.8. The zero-order valence-corrected chi connectivity index (χ0v) is 13.0. The molecule has 1 aliphatic rings. The molecule has 0 spiro atoms. The van der Waals surface area contributed by atoms with E-state index in [2.05, 4.69) is 26.6 Å². The summed E-state index contributed by atoms with van der Waals surface area (Å²) in [5.74, 6) is 0.224.